The molecule has 0 spiro atoms. The number of aliphatic hydroxyl groups is 1. The molecular formula is C52H56ClN9O6S. The first-order valence-electron chi connectivity index (χ1n) is 22.9. The van der Waals surface area contributed by atoms with Gasteiger partial charge in [0.1, 0.15) is 24.5 Å². The van der Waals surface area contributed by atoms with Crippen LogP contribution in [0, 0.1) is 24.2 Å². The molecule has 4 N–H and O–H groups in total. The fraction of sp³-hybridized carbons (Fsp3) is 0.346. The quantitative estimate of drug-likeness (QED) is 0.0547. The predicted octanol–water partition coefficient (Wildman–Crippen LogP) is 7.68. The number of anilines is 1. The van der Waals surface area contributed by atoms with Crippen LogP contribution in [0.1, 0.15) is 73.6 Å². The van der Waals surface area contributed by atoms with E-state index in [2.05, 4.69) is 37.1 Å². The number of aromatic nitrogens is 4. The Balaban J connectivity index is 0.819. The van der Waals surface area contributed by atoms with Crippen LogP contribution < -0.4 is 16.0 Å². The van der Waals surface area contributed by atoms with Crippen molar-refractivity contribution in [1.29, 1.82) is 5.26 Å². The van der Waals surface area contributed by atoms with E-state index in [0.717, 1.165) is 38.4 Å². The summed E-state index contributed by atoms with van der Waals surface area (Å²) in [4.78, 5) is 65.1. The van der Waals surface area contributed by atoms with Crippen LogP contribution in [0.15, 0.2) is 103 Å². The number of β-amino-alcohol motifs (C(OH)–C–C–N with tert-alkyl or cyclic N) is 1. The first kappa shape index (κ1) is 50.1. The van der Waals surface area contributed by atoms with Crippen molar-refractivity contribution in [2.24, 2.45) is 5.92 Å². The third-order valence-corrected chi connectivity index (χ3v) is 13.4. The molecule has 7 rings (SSSR count). The minimum atomic E-state index is -0.906. The second-order valence-corrected chi connectivity index (χ2v) is 19.0. The van der Waals surface area contributed by atoms with E-state index in [1.165, 1.54) is 4.90 Å². The van der Waals surface area contributed by atoms with Gasteiger partial charge in [0, 0.05) is 61.1 Å². The Morgan fingerprint density at radius 1 is 0.928 bits per heavy atom. The minimum Gasteiger partial charge on any atom is -0.391 e. The molecule has 1 fully saturated rings. The van der Waals surface area contributed by atoms with Gasteiger partial charge in [-0.2, -0.15) is 10.4 Å². The van der Waals surface area contributed by atoms with Gasteiger partial charge >= 0.3 is 0 Å². The Morgan fingerprint density at radius 2 is 1.65 bits per heavy atom. The van der Waals surface area contributed by atoms with E-state index in [4.69, 9.17) is 21.6 Å². The smallest absolute Gasteiger partial charge is 0.251 e. The number of pyridine rings is 1. The number of carbonyl (C=O) groups is 4. The fourth-order valence-corrected chi connectivity index (χ4v) is 9.32. The molecule has 5 atom stereocenters. The first-order valence-corrected chi connectivity index (χ1v) is 24.2. The van der Waals surface area contributed by atoms with Crippen molar-refractivity contribution in [2.75, 3.05) is 31.6 Å². The molecular weight excluding hydrogens is 914 g/mol. The summed E-state index contributed by atoms with van der Waals surface area (Å²) < 4.78 is 7.38. The molecule has 69 heavy (non-hydrogen) atoms. The number of nitrogens with zero attached hydrogens (tertiary/aromatic N) is 6. The van der Waals surface area contributed by atoms with E-state index < -0.39 is 30.0 Å². The minimum absolute atomic E-state index is 0.0190. The maximum atomic E-state index is 13.9. The number of hydrogen-bond donors (Lipinski definition) is 4. The van der Waals surface area contributed by atoms with E-state index in [9.17, 15) is 24.3 Å². The number of carbonyl (C=O) groups excluding carboxylic acids is 4. The average molecular weight is 971 g/mol. The lowest BCUT2D eigenvalue weighted by Gasteiger charge is -2.30. The Kier molecular flexibility index (Phi) is 16.7. The standard InChI is InChI=1S/C52H56ClN9O6S/c1-31(2)49(52(67)62-28-42(63)24-45(62)46(64)22-32(3)35-6-10-37(11-7-35)50-34(5)57-30-69-50)59-48(65)29-68-21-19-55-47-17-16-41(26-56-47)36-8-12-38(13-9-36)51(66)58-33(4)27-61-20-18-44(60-61)39-14-15-40(25-54)43(53)23-39/h6-18,20,23,26,30-33,42,45,49,63H,19,21-22,24,27-29H2,1-5H3,(H,55,56)(H,58,66)(H,59,65)/t32-,33+,42-,45?,49+/m1/s1. The van der Waals surface area contributed by atoms with Gasteiger partial charge in [-0.1, -0.05) is 74.8 Å². The van der Waals surface area contributed by atoms with Crippen molar-refractivity contribution in [3.8, 4) is 38.9 Å². The second-order valence-electron chi connectivity index (χ2n) is 17.7. The summed E-state index contributed by atoms with van der Waals surface area (Å²) in [5.41, 5.74) is 9.04. The molecule has 4 heterocycles. The van der Waals surface area contributed by atoms with Crippen molar-refractivity contribution in [3.63, 3.8) is 0 Å². The molecule has 1 aliphatic rings. The summed E-state index contributed by atoms with van der Waals surface area (Å²) in [6, 6.07) is 26.3. The zero-order chi connectivity index (χ0) is 49.2. The molecule has 15 nitrogen and oxygen atoms in total. The molecule has 0 bridgehead atoms. The second kappa shape index (κ2) is 23.0. The largest absolute Gasteiger partial charge is 0.391 e. The van der Waals surface area contributed by atoms with E-state index in [0.29, 0.717) is 40.8 Å². The molecule has 3 aromatic carbocycles. The topological polar surface area (TPSA) is 204 Å². The highest BCUT2D eigenvalue weighted by Gasteiger charge is 2.42. The van der Waals surface area contributed by atoms with E-state index in [1.54, 1.807) is 52.5 Å². The lowest BCUT2D eigenvalue weighted by molar-refractivity contribution is -0.142. The molecule has 17 heteroatoms. The van der Waals surface area contributed by atoms with Crippen molar-refractivity contribution in [2.45, 2.75) is 84.2 Å². The molecule has 1 saturated heterocycles. The van der Waals surface area contributed by atoms with Crippen LogP contribution in [-0.4, -0.2) is 104 Å². The van der Waals surface area contributed by atoms with Gasteiger partial charge in [0.2, 0.25) is 11.8 Å². The number of nitriles is 1. The monoisotopic (exact) mass is 969 g/mol. The Labute approximate surface area is 410 Å². The van der Waals surface area contributed by atoms with Crippen LogP contribution >= 0.6 is 22.9 Å². The van der Waals surface area contributed by atoms with Gasteiger partial charge in [-0.25, -0.2) is 9.97 Å². The highest BCUT2D eigenvalue weighted by atomic mass is 35.5. The number of amides is 3. The number of nitrogens with one attached hydrogen (secondary N) is 3. The summed E-state index contributed by atoms with van der Waals surface area (Å²) in [6.07, 6.45) is 3.07. The van der Waals surface area contributed by atoms with Crippen molar-refractivity contribution in [3.05, 3.63) is 130 Å². The predicted molar refractivity (Wildman–Crippen MR) is 267 cm³/mol. The van der Waals surface area contributed by atoms with Gasteiger partial charge in [0.25, 0.3) is 5.91 Å². The van der Waals surface area contributed by atoms with Gasteiger partial charge in [0.05, 0.1) is 57.7 Å². The van der Waals surface area contributed by atoms with E-state index in [1.807, 2.05) is 101 Å². The summed E-state index contributed by atoms with van der Waals surface area (Å²) in [6.45, 7) is 10.3. The SMILES string of the molecule is Cc1ncsc1-c1ccc([C@H](C)CC(=O)C2C[C@@H](O)CN2C(=O)[C@@H](NC(=O)COCCNc2ccc(-c3ccc(C(=O)N[C@@H](C)Cn4ccc(-c5ccc(C#N)c(Cl)c5)n4)cc3)cn2)C(C)C)cc1. The summed E-state index contributed by atoms with van der Waals surface area (Å²) in [5.74, 6) is -0.981. The molecule has 0 saturated carbocycles. The molecule has 0 aliphatic carbocycles. The normalized spacial score (nSPS) is 15.8. The summed E-state index contributed by atoms with van der Waals surface area (Å²) in [5, 5.41) is 33.7. The third kappa shape index (κ3) is 12.9. The highest BCUT2D eigenvalue weighted by Crippen LogP contribution is 2.31. The fourth-order valence-electron chi connectivity index (χ4n) is 8.28. The van der Waals surface area contributed by atoms with Gasteiger partial charge in [-0.05, 0) is 84.8 Å². The lowest BCUT2D eigenvalue weighted by Crippen LogP contribution is -2.54. The Morgan fingerprint density at radius 3 is 2.32 bits per heavy atom. The summed E-state index contributed by atoms with van der Waals surface area (Å²) >= 11 is 7.78. The maximum absolute atomic E-state index is 13.9. The number of Topliss-reactive ketones (excluding diaryl/α,β-unsaturated/α-hetero) is 1. The number of likely N-dealkylation sites (tertiary alicyclic amines) is 1. The summed E-state index contributed by atoms with van der Waals surface area (Å²) in [7, 11) is 0. The number of ether oxygens (including phenoxy) is 1. The number of aryl methyl sites for hydroxylation is 1. The Bertz CT molecular complexity index is 2790. The van der Waals surface area contributed by atoms with Crippen LogP contribution in [0.2, 0.25) is 5.02 Å². The van der Waals surface area contributed by atoms with Crippen molar-refractivity contribution >= 4 is 52.3 Å². The zero-order valence-corrected chi connectivity index (χ0v) is 40.8. The number of aliphatic hydroxyl groups excluding tert-OH is 1. The molecule has 3 aromatic heterocycles. The van der Waals surface area contributed by atoms with Gasteiger partial charge in [-0.3, -0.25) is 23.9 Å². The zero-order valence-electron chi connectivity index (χ0n) is 39.2. The number of hydrogen-bond acceptors (Lipinski definition) is 12. The molecule has 6 aromatic rings. The first-order chi connectivity index (χ1) is 33.2. The maximum Gasteiger partial charge on any atom is 0.251 e. The lowest BCUT2D eigenvalue weighted by atomic mass is 9.91. The van der Waals surface area contributed by atoms with Crippen LogP contribution in [0.3, 0.4) is 0 Å². The number of rotatable bonds is 20. The van der Waals surface area contributed by atoms with Crippen LogP contribution in [0.5, 0.6) is 0 Å². The molecule has 0 radical (unpaired) electrons. The highest BCUT2D eigenvalue weighted by molar-refractivity contribution is 7.13. The number of halogens is 1. The molecule has 358 valence electrons. The number of ketones is 1. The van der Waals surface area contributed by atoms with Crippen molar-refractivity contribution in [1.82, 2.24) is 35.3 Å². The molecule has 3 amide bonds. The third-order valence-electron chi connectivity index (χ3n) is 12.1. The van der Waals surface area contributed by atoms with Crippen molar-refractivity contribution < 1.29 is 29.0 Å². The van der Waals surface area contributed by atoms with Gasteiger partial charge < -0.3 is 30.7 Å². The Hall–Kier alpha value is -6.77. The number of benzene rings is 3. The van der Waals surface area contributed by atoms with E-state index >= 15 is 0 Å². The molecule has 1 aliphatic heterocycles. The van der Waals surface area contributed by atoms with E-state index in [-0.39, 0.29) is 62.2 Å². The van der Waals surface area contributed by atoms with Crippen LogP contribution in [-0.2, 0) is 25.7 Å². The van der Waals surface area contributed by atoms with Gasteiger partial charge in [0.15, 0.2) is 5.78 Å². The molecule has 1 unspecified atom stereocenters. The number of thiazole rings is 1. The van der Waals surface area contributed by atoms with Crippen LogP contribution in [0.4, 0.5) is 5.82 Å². The van der Waals surface area contributed by atoms with Gasteiger partial charge in [-0.15, -0.1) is 11.3 Å². The van der Waals surface area contributed by atoms with Crippen LogP contribution in [0.25, 0.3) is 32.8 Å². The average Bonchev–Trinajstić information content (AvgIpc) is 4.10.